The maximum absolute atomic E-state index is 14.2. The number of rotatable bonds is 4. The van der Waals surface area contributed by atoms with Crippen LogP contribution in [-0.2, 0) is 24.7 Å². The van der Waals surface area contributed by atoms with Crippen LogP contribution in [0.25, 0.3) is 10.8 Å². The van der Waals surface area contributed by atoms with E-state index in [1.807, 2.05) is 115 Å². The third kappa shape index (κ3) is 5.78. The molecule has 0 amide bonds. The van der Waals surface area contributed by atoms with E-state index < -0.39 is 7.14 Å². The van der Waals surface area contributed by atoms with E-state index in [1.165, 1.54) is 11.4 Å². The molecule has 6 aromatic rings. The van der Waals surface area contributed by atoms with Crippen LogP contribution in [0.5, 0.6) is 0 Å². The van der Waals surface area contributed by atoms with Crippen LogP contribution in [0, 0.1) is 18.8 Å². The topological polar surface area (TPSA) is 23.6 Å². The number of anilines is 3. The molecule has 1 heterocycles. The fraction of sp³-hybridized carbons (Fsp3) is 0.0278. The summed E-state index contributed by atoms with van der Waals surface area (Å²) in [5.74, 6) is 0. The summed E-state index contributed by atoms with van der Waals surface area (Å²) in [5, 5.41) is 4.61. The standard InChI is InChI=1S/C22H16OP.C14H12N2.Ir/c23-24(20-11-3-1-4-12-20,21-13-5-2-6-14-21)22-16-15-18-9-7-8-10-19(18)17-22;1-15-11-16(12-7-3-2-4-8-12)14-10-6-5-9-13(14)15;/h1-15,17H;2-7,9-11H,1H3;/q-1;-2;+3. The van der Waals surface area contributed by atoms with Crippen LogP contribution in [0.2, 0.25) is 0 Å². The molecule has 3 nitrogen and oxygen atoms in total. The number of fused-ring (bicyclic) bond motifs is 2. The second-order valence-corrected chi connectivity index (χ2v) is 12.3. The third-order valence-electron chi connectivity index (χ3n) is 7.00. The summed E-state index contributed by atoms with van der Waals surface area (Å²) < 4.78 is 14.2. The first-order valence-electron chi connectivity index (χ1n) is 13.2. The Morgan fingerprint density at radius 1 is 0.634 bits per heavy atom. The van der Waals surface area contributed by atoms with Gasteiger partial charge in [0.25, 0.3) is 0 Å². The minimum absolute atomic E-state index is 0. The first kappa shape index (κ1) is 28.6. The van der Waals surface area contributed by atoms with Crippen LogP contribution in [0.15, 0.2) is 146 Å². The fourth-order valence-corrected chi connectivity index (χ4v) is 7.59. The van der Waals surface area contributed by atoms with Crippen molar-refractivity contribution in [2.45, 2.75) is 0 Å². The van der Waals surface area contributed by atoms with Crippen LogP contribution in [0.1, 0.15) is 0 Å². The Morgan fingerprint density at radius 3 is 1.83 bits per heavy atom. The van der Waals surface area contributed by atoms with Crippen molar-refractivity contribution in [1.82, 2.24) is 0 Å². The van der Waals surface area contributed by atoms with E-state index in [-0.39, 0.29) is 20.1 Å². The average Bonchev–Trinajstić information content (AvgIpc) is 3.38. The molecule has 1 aliphatic heterocycles. The van der Waals surface area contributed by atoms with Crippen LogP contribution in [0.3, 0.4) is 0 Å². The van der Waals surface area contributed by atoms with Gasteiger partial charge in [-0.25, -0.2) is 0 Å². The van der Waals surface area contributed by atoms with Gasteiger partial charge < -0.3 is 14.4 Å². The van der Waals surface area contributed by atoms with Gasteiger partial charge in [-0.3, -0.25) is 0 Å². The molecule has 0 saturated carbocycles. The fourth-order valence-electron chi connectivity index (χ4n) is 4.99. The summed E-state index contributed by atoms with van der Waals surface area (Å²) in [5.41, 5.74) is 3.49. The van der Waals surface area contributed by atoms with E-state index in [2.05, 4.69) is 66.0 Å². The third-order valence-corrected chi connectivity index (χ3v) is 9.99. The average molecular weight is 728 g/mol. The van der Waals surface area contributed by atoms with E-state index in [0.29, 0.717) is 0 Å². The van der Waals surface area contributed by atoms with Crippen LogP contribution in [-0.4, -0.2) is 7.05 Å². The van der Waals surface area contributed by atoms with Crippen molar-refractivity contribution in [3.63, 3.8) is 0 Å². The van der Waals surface area contributed by atoms with E-state index in [4.69, 9.17) is 0 Å². The van der Waals surface area contributed by atoms with Crippen molar-refractivity contribution in [2.75, 3.05) is 16.8 Å². The molecule has 202 valence electrons. The summed E-state index contributed by atoms with van der Waals surface area (Å²) in [4.78, 5) is 4.27. The quantitative estimate of drug-likeness (QED) is 0.139. The van der Waals surface area contributed by atoms with Crippen molar-refractivity contribution in [3.05, 3.63) is 164 Å². The predicted octanol–water partition coefficient (Wildman–Crippen LogP) is 7.47. The number of nitrogens with zero attached hydrogens (tertiary/aromatic N) is 2. The van der Waals surface area contributed by atoms with Crippen LogP contribution in [0.4, 0.5) is 17.1 Å². The second-order valence-electron chi connectivity index (χ2n) is 9.56. The zero-order chi connectivity index (χ0) is 27.4. The second kappa shape index (κ2) is 12.7. The monoisotopic (exact) mass is 728 g/mol. The Bertz CT molecular complexity index is 1730. The summed E-state index contributed by atoms with van der Waals surface area (Å²) >= 11 is 0. The van der Waals surface area contributed by atoms with Gasteiger partial charge in [0, 0.05) is 22.0 Å². The van der Waals surface area contributed by atoms with E-state index in [9.17, 15) is 4.57 Å². The van der Waals surface area contributed by atoms with Crippen molar-refractivity contribution in [3.8, 4) is 0 Å². The first-order valence-corrected chi connectivity index (χ1v) is 14.9. The molecular formula is C36H28IrN2OP. The molecule has 0 fully saturated rings. The zero-order valence-electron chi connectivity index (χ0n) is 22.5. The van der Waals surface area contributed by atoms with Crippen molar-refractivity contribution in [1.29, 1.82) is 0 Å². The van der Waals surface area contributed by atoms with Gasteiger partial charge >= 0.3 is 20.1 Å². The van der Waals surface area contributed by atoms with Gasteiger partial charge in [0.05, 0.1) is 0 Å². The minimum Gasteiger partial charge on any atom is -0.504 e. The van der Waals surface area contributed by atoms with Gasteiger partial charge in [-0.2, -0.15) is 55.2 Å². The van der Waals surface area contributed by atoms with Crippen LogP contribution >= 0.6 is 7.14 Å². The minimum atomic E-state index is -2.94. The molecule has 0 aromatic heterocycles. The first-order chi connectivity index (χ1) is 19.6. The molecule has 0 N–H and O–H groups in total. The summed E-state index contributed by atoms with van der Waals surface area (Å²) in [7, 11) is -0.879. The maximum atomic E-state index is 14.2. The largest absolute Gasteiger partial charge is 3.00 e. The number of benzene rings is 6. The summed E-state index contributed by atoms with van der Waals surface area (Å²) in [6.45, 7) is 2.08. The van der Waals surface area contributed by atoms with Crippen molar-refractivity contribution in [2.24, 2.45) is 0 Å². The molecule has 6 aromatic carbocycles. The summed E-state index contributed by atoms with van der Waals surface area (Å²) in [6, 6.07) is 54.3. The molecule has 0 bridgehead atoms. The van der Waals surface area contributed by atoms with Crippen molar-refractivity contribution >= 4 is 50.9 Å². The molecule has 0 aliphatic carbocycles. The van der Waals surface area contributed by atoms with Crippen molar-refractivity contribution < 1.29 is 24.7 Å². The predicted molar refractivity (Wildman–Crippen MR) is 169 cm³/mol. The molecule has 5 heteroatoms. The van der Waals surface area contributed by atoms with Gasteiger partial charge in [0.1, 0.15) is 7.14 Å². The molecule has 0 radical (unpaired) electrons. The molecule has 0 spiro atoms. The molecule has 0 unspecified atom stereocenters. The van der Waals surface area contributed by atoms with Gasteiger partial charge in [0.15, 0.2) is 0 Å². The maximum Gasteiger partial charge on any atom is 3.00 e. The molecule has 7 rings (SSSR count). The molecule has 0 atom stereocenters. The van der Waals surface area contributed by atoms with E-state index >= 15 is 0 Å². The molecule has 0 saturated heterocycles. The van der Waals surface area contributed by atoms with Gasteiger partial charge in [0.2, 0.25) is 0 Å². The SMILES string of the molecule is CN1[CH-]N(c2[c-]cccc2)c2ccccc21.O=P(c1[c-]cc2ccccc2c1)(c1ccccc1)c1ccccc1.[Ir+3]. The Kier molecular flexibility index (Phi) is 8.86. The Labute approximate surface area is 255 Å². The van der Waals surface area contributed by atoms with Gasteiger partial charge in [-0.1, -0.05) is 96.3 Å². The number of para-hydroxylation sites is 3. The summed E-state index contributed by atoms with van der Waals surface area (Å²) in [6.07, 6.45) is 0. The Morgan fingerprint density at radius 2 is 1.20 bits per heavy atom. The van der Waals surface area contributed by atoms with Gasteiger partial charge in [-0.15, -0.1) is 22.5 Å². The number of hydrogen-bond donors (Lipinski definition) is 0. The normalized spacial score (nSPS) is 12.2. The Hall–Kier alpha value is -3.94. The van der Waals surface area contributed by atoms with Gasteiger partial charge in [-0.05, 0) is 19.2 Å². The van der Waals surface area contributed by atoms with E-state index in [1.54, 1.807) is 0 Å². The zero-order valence-corrected chi connectivity index (χ0v) is 25.8. The molecule has 1 aliphatic rings. The smallest absolute Gasteiger partial charge is 0.504 e. The van der Waals surface area contributed by atoms with Crippen LogP contribution < -0.4 is 25.7 Å². The Balaban J connectivity index is 0.000000173. The molecular weight excluding hydrogens is 700 g/mol. The van der Waals surface area contributed by atoms with E-state index in [0.717, 1.165) is 32.4 Å². The number of hydrogen-bond acceptors (Lipinski definition) is 3. The molecule has 41 heavy (non-hydrogen) atoms.